The van der Waals surface area contributed by atoms with Gasteiger partial charge < -0.3 is 35.0 Å². The summed E-state index contributed by atoms with van der Waals surface area (Å²) < 4.78 is 10.0. The molecule has 8 heteroatoms. The van der Waals surface area contributed by atoms with Crippen molar-refractivity contribution in [1.29, 1.82) is 0 Å². The fourth-order valence-electron chi connectivity index (χ4n) is 2.15. The fraction of sp³-hybridized carbons (Fsp3) is 0.400. The van der Waals surface area contributed by atoms with Crippen LogP contribution in [-0.4, -0.2) is 62.7 Å². The smallest absolute Gasteiger partial charge is 0.331 e. The number of carbonyl (C=O) groups excluding carboxylic acids is 1. The normalized spacial score (nSPS) is 28.0. The minimum atomic E-state index is -1.43. The molecule has 1 aromatic carbocycles. The van der Waals surface area contributed by atoms with Crippen LogP contribution in [0.5, 0.6) is 11.5 Å². The highest BCUT2D eigenvalue weighted by atomic mass is 16.6. The van der Waals surface area contributed by atoms with Crippen LogP contribution < -0.4 is 0 Å². The molecule has 0 aromatic heterocycles. The first-order chi connectivity index (χ1) is 10.9. The Morgan fingerprint density at radius 2 is 2.04 bits per heavy atom. The number of hydrogen-bond acceptors (Lipinski definition) is 8. The van der Waals surface area contributed by atoms with E-state index in [4.69, 9.17) is 14.6 Å². The van der Waals surface area contributed by atoms with Crippen LogP contribution in [0.15, 0.2) is 24.3 Å². The van der Waals surface area contributed by atoms with E-state index in [1.807, 2.05) is 0 Å². The summed E-state index contributed by atoms with van der Waals surface area (Å²) in [7, 11) is 0. The first-order valence-electron chi connectivity index (χ1n) is 6.94. The molecule has 8 nitrogen and oxygen atoms in total. The molecule has 4 atom stereocenters. The van der Waals surface area contributed by atoms with Crippen LogP contribution in [-0.2, 0) is 14.3 Å². The van der Waals surface area contributed by atoms with Crippen LogP contribution >= 0.6 is 0 Å². The Kier molecular flexibility index (Phi) is 5.56. The van der Waals surface area contributed by atoms with Gasteiger partial charge in [-0.2, -0.15) is 0 Å². The average molecular weight is 326 g/mol. The summed E-state index contributed by atoms with van der Waals surface area (Å²) in [5.41, 5.74) is 0.464. The summed E-state index contributed by atoms with van der Waals surface area (Å²) in [5.74, 6) is -1.34. The van der Waals surface area contributed by atoms with Crippen LogP contribution in [0.3, 0.4) is 0 Å². The van der Waals surface area contributed by atoms with Gasteiger partial charge in [0.1, 0.15) is 18.3 Å². The summed E-state index contributed by atoms with van der Waals surface area (Å²) in [5, 5.41) is 46.6. The Morgan fingerprint density at radius 3 is 2.70 bits per heavy atom. The van der Waals surface area contributed by atoms with Gasteiger partial charge in [0.15, 0.2) is 17.8 Å². The van der Waals surface area contributed by atoms with Crippen molar-refractivity contribution < 1.29 is 39.8 Å². The zero-order chi connectivity index (χ0) is 17.0. The van der Waals surface area contributed by atoms with E-state index in [0.717, 1.165) is 6.08 Å². The SMILES string of the molecule is O=C(/C=C/c1ccc(O)c(O)c1)OC1CC(O)C(O)OC1CO. The fourth-order valence-corrected chi connectivity index (χ4v) is 2.15. The van der Waals surface area contributed by atoms with E-state index in [2.05, 4.69) is 0 Å². The number of ether oxygens (including phenoxy) is 2. The van der Waals surface area contributed by atoms with Gasteiger partial charge in [0.2, 0.25) is 0 Å². The quantitative estimate of drug-likeness (QED) is 0.283. The number of aliphatic hydroxyl groups excluding tert-OH is 3. The van der Waals surface area contributed by atoms with E-state index in [1.165, 1.54) is 24.3 Å². The molecule has 1 aliphatic rings. The summed E-state index contributed by atoms with van der Waals surface area (Å²) in [6.45, 7) is -0.475. The van der Waals surface area contributed by atoms with Crippen LogP contribution in [0.25, 0.3) is 6.08 Å². The third-order valence-electron chi connectivity index (χ3n) is 3.39. The van der Waals surface area contributed by atoms with Crippen molar-refractivity contribution in [3.05, 3.63) is 29.8 Å². The van der Waals surface area contributed by atoms with Gasteiger partial charge in [0, 0.05) is 12.5 Å². The second-order valence-electron chi connectivity index (χ2n) is 5.11. The molecule has 1 aliphatic heterocycles. The van der Waals surface area contributed by atoms with Crippen LogP contribution in [0.4, 0.5) is 0 Å². The Morgan fingerprint density at radius 1 is 1.30 bits per heavy atom. The predicted octanol–water partition coefficient (Wildman–Crippen LogP) is -0.517. The lowest BCUT2D eigenvalue weighted by Crippen LogP contribution is -2.50. The summed E-state index contributed by atoms with van der Waals surface area (Å²) >= 11 is 0. The molecule has 0 saturated carbocycles. The lowest BCUT2D eigenvalue weighted by Gasteiger charge is -2.35. The lowest BCUT2D eigenvalue weighted by molar-refractivity contribution is -0.255. The Balaban J connectivity index is 1.97. The number of phenols is 2. The van der Waals surface area contributed by atoms with E-state index in [0.29, 0.717) is 5.56 Å². The maximum absolute atomic E-state index is 11.8. The highest BCUT2D eigenvalue weighted by Gasteiger charge is 2.38. The van der Waals surface area contributed by atoms with Crippen LogP contribution in [0, 0.1) is 0 Å². The van der Waals surface area contributed by atoms with E-state index in [9.17, 15) is 25.2 Å². The van der Waals surface area contributed by atoms with E-state index in [1.54, 1.807) is 0 Å². The van der Waals surface area contributed by atoms with E-state index < -0.39 is 37.2 Å². The molecule has 126 valence electrons. The molecule has 0 radical (unpaired) electrons. The van der Waals surface area contributed by atoms with Gasteiger partial charge in [-0.3, -0.25) is 0 Å². The monoisotopic (exact) mass is 326 g/mol. The van der Waals surface area contributed by atoms with Crippen molar-refractivity contribution in [2.45, 2.75) is 31.0 Å². The molecule has 1 aromatic rings. The van der Waals surface area contributed by atoms with Crippen molar-refractivity contribution in [3.63, 3.8) is 0 Å². The zero-order valence-electron chi connectivity index (χ0n) is 12.1. The number of phenolic OH excluding ortho intramolecular Hbond substituents is 2. The zero-order valence-corrected chi connectivity index (χ0v) is 12.1. The average Bonchev–Trinajstić information content (AvgIpc) is 2.52. The number of benzene rings is 1. The standard InChI is InChI=1S/C15H18O8/c16-7-13-12(6-11(19)15(21)23-13)22-14(20)4-2-8-1-3-9(17)10(18)5-8/h1-5,11-13,15-19,21H,6-7H2/b4-2+. The molecule has 1 saturated heterocycles. The summed E-state index contributed by atoms with van der Waals surface area (Å²) in [6, 6.07) is 4.02. The first kappa shape index (κ1) is 17.2. The Bertz CT molecular complexity index is 585. The highest BCUT2D eigenvalue weighted by Crippen LogP contribution is 2.25. The number of aromatic hydroxyl groups is 2. The lowest BCUT2D eigenvalue weighted by atomic mass is 10.0. The molecule has 23 heavy (non-hydrogen) atoms. The molecule has 0 amide bonds. The summed E-state index contributed by atoms with van der Waals surface area (Å²) in [4.78, 5) is 11.8. The molecule has 1 heterocycles. The number of rotatable bonds is 4. The summed E-state index contributed by atoms with van der Waals surface area (Å²) in [6.07, 6.45) is -2.08. The first-order valence-corrected chi connectivity index (χ1v) is 6.94. The molecule has 0 spiro atoms. The Labute approximate surface area is 131 Å². The van der Waals surface area contributed by atoms with E-state index in [-0.39, 0.29) is 17.9 Å². The van der Waals surface area contributed by atoms with Gasteiger partial charge in [-0.1, -0.05) is 6.07 Å². The third-order valence-corrected chi connectivity index (χ3v) is 3.39. The molecule has 2 rings (SSSR count). The number of aliphatic hydroxyl groups is 3. The van der Waals surface area contributed by atoms with Crippen molar-refractivity contribution in [3.8, 4) is 11.5 Å². The van der Waals surface area contributed by atoms with Crippen molar-refractivity contribution in [2.24, 2.45) is 0 Å². The maximum atomic E-state index is 11.8. The minimum Gasteiger partial charge on any atom is -0.504 e. The van der Waals surface area contributed by atoms with Gasteiger partial charge in [0.05, 0.1) is 6.61 Å². The van der Waals surface area contributed by atoms with Gasteiger partial charge >= 0.3 is 5.97 Å². The highest BCUT2D eigenvalue weighted by molar-refractivity contribution is 5.87. The molecule has 4 unspecified atom stereocenters. The largest absolute Gasteiger partial charge is 0.504 e. The van der Waals surface area contributed by atoms with Gasteiger partial charge in [0.25, 0.3) is 0 Å². The molecule has 0 aliphatic carbocycles. The number of hydrogen-bond donors (Lipinski definition) is 5. The number of esters is 1. The van der Waals surface area contributed by atoms with Crippen molar-refractivity contribution in [2.75, 3.05) is 6.61 Å². The number of carbonyl (C=O) groups is 1. The molecule has 1 fully saturated rings. The van der Waals surface area contributed by atoms with Crippen LogP contribution in [0.2, 0.25) is 0 Å². The predicted molar refractivity (Wildman–Crippen MR) is 77.3 cm³/mol. The second kappa shape index (κ2) is 7.42. The molecular formula is C15H18O8. The van der Waals surface area contributed by atoms with Crippen LogP contribution in [0.1, 0.15) is 12.0 Å². The van der Waals surface area contributed by atoms with Gasteiger partial charge in [-0.05, 0) is 23.8 Å². The third kappa shape index (κ3) is 4.42. The van der Waals surface area contributed by atoms with E-state index >= 15 is 0 Å². The maximum Gasteiger partial charge on any atom is 0.331 e. The van der Waals surface area contributed by atoms with Gasteiger partial charge in [-0.25, -0.2) is 4.79 Å². The molecule has 5 N–H and O–H groups in total. The topological polar surface area (TPSA) is 137 Å². The van der Waals surface area contributed by atoms with Gasteiger partial charge in [-0.15, -0.1) is 0 Å². The minimum absolute atomic E-state index is 0.0635. The van der Waals surface area contributed by atoms with Crippen molar-refractivity contribution >= 4 is 12.0 Å². The second-order valence-corrected chi connectivity index (χ2v) is 5.11. The Hall–Kier alpha value is -2.13. The molecule has 0 bridgehead atoms. The molecular weight excluding hydrogens is 308 g/mol. The van der Waals surface area contributed by atoms with Crippen molar-refractivity contribution in [1.82, 2.24) is 0 Å².